The molecule has 1 aromatic rings. The molecule has 2 rings (SSSR count). The summed E-state index contributed by atoms with van der Waals surface area (Å²) in [5.41, 5.74) is 0.312. The SMILES string of the molecule is CCC(=O)N[C@@H]1C=C[C@@H](CC(=O)NCc2cc(F)cc(F)c2)O[C@@H]1CO. The highest BCUT2D eigenvalue weighted by molar-refractivity contribution is 5.77. The number of aliphatic hydroxyl groups is 1. The molecule has 1 heterocycles. The van der Waals surface area contributed by atoms with Gasteiger partial charge in [-0.15, -0.1) is 0 Å². The maximum Gasteiger partial charge on any atom is 0.223 e. The van der Waals surface area contributed by atoms with Gasteiger partial charge in [-0.3, -0.25) is 9.59 Å². The van der Waals surface area contributed by atoms with Gasteiger partial charge in [0.25, 0.3) is 0 Å². The average Bonchev–Trinajstić information content (AvgIpc) is 2.60. The quantitative estimate of drug-likeness (QED) is 0.631. The van der Waals surface area contributed by atoms with E-state index in [4.69, 9.17) is 4.74 Å². The molecule has 0 aromatic heterocycles. The predicted molar refractivity (Wildman–Crippen MR) is 89.9 cm³/mol. The minimum atomic E-state index is -0.709. The Morgan fingerprint density at radius 1 is 1.15 bits per heavy atom. The van der Waals surface area contributed by atoms with Crippen molar-refractivity contribution in [1.29, 1.82) is 0 Å². The fourth-order valence-corrected chi connectivity index (χ4v) is 2.59. The third-order valence-corrected chi connectivity index (χ3v) is 3.91. The lowest BCUT2D eigenvalue weighted by Crippen LogP contribution is -2.48. The normalized spacial score (nSPS) is 22.1. The van der Waals surface area contributed by atoms with Crippen LogP contribution in [0.15, 0.2) is 30.4 Å². The monoisotopic (exact) mass is 368 g/mol. The van der Waals surface area contributed by atoms with Gasteiger partial charge < -0.3 is 20.5 Å². The smallest absolute Gasteiger partial charge is 0.223 e. The van der Waals surface area contributed by atoms with Crippen LogP contribution in [0.2, 0.25) is 0 Å². The van der Waals surface area contributed by atoms with Crippen LogP contribution in [-0.4, -0.2) is 41.8 Å². The summed E-state index contributed by atoms with van der Waals surface area (Å²) in [6.45, 7) is 1.40. The van der Waals surface area contributed by atoms with E-state index in [1.165, 1.54) is 0 Å². The van der Waals surface area contributed by atoms with E-state index >= 15 is 0 Å². The molecule has 0 unspecified atom stereocenters. The van der Waals surface area contributed by atoms with Gasteiger partial charge >= 0.3 is 0 Å². The molecular formula is C18H22F2N2O4. The van der Waals surface area contributed by atoms with Gasteiger partial charge in [0, 0.05) is 19.0 Å². The lowest BCUT2D eigenvalue weighted by molar-refractivity contribution is -0.128. The summed E-state index contributed by atoms with van der Waals surface area (Å²) >= 11 is 0. The fraction of sp³-hybridized carbons (Fsp3) is 0.444. The Hall–Kier alpha value is -2.32. The third-order valence-electron chi connectivity index (χ3n) is 3.91. The number of hydrogen-bond acceptors (Lipinski definition) is 4. The number of ether oxygens (including phenoxy) is 1. The molecule has 1 aliphatic rings. The van der Waals surface area contributed by atoms with E-state index in [0.717, 1.165) is 18.2 Å². The zero-order valence-electron chi connectivity index (χ0n) is 14.4. The molecule has 0 saturated heterocycles. The Morgan fingerprint density at radius 2 is 1.85 bits per heavy atom. The number of amides is 2. The van der Waals surface area contributed by atoms with Crippen LogP contribution in [0.1, 0.15) is 25.3 Å². The van der Waals surface area contributed by atoms with Gasteiger partial charge in [-0.1, -0.05) is 19.1 Å². The van der Waals surface area contributed by atoms with Crippen molar-refractivity contribution in [3.63, 3.8) is 0 Å². The van der Waals surface area contributed by atoms with Crippen molar-refractivity contribution in [1.82, 2.24) is 10.6 Å². The van der Waals surface area contributed by atoms with Crippen molar-refractivity contribution < 1.29 is 28.2 Å². The number of hydrogen-bond donors (Lipinski definition) is 3. The molecule has 3 N–H and O–H groups in total. The van der Waals surface area contributed by atoms with Gasteiger partial charge in [0.1, 0.15) is 17.7 Å². The summed E-state index contributed by atoms with van der Waals surface area (Å²) in [7, 11) is 0. The van der Waals surface area contributed by atoms with Crippen molar-refractivity contribution in [2.24, 2.45) is 0 Å². The van der Waals surface area contributed by atoms with E-state index in [2.05, 4.69) is 10.6 Å². The number of carbonyl (C=O) groups excluding carboxylic acids is 2. The van der Waals surface area contributed by atoms with Gasteiger partial charge in [-0.2, -0.15) is 0 Å². The molecule has 142 valence electrons. The molecule has 0 spiro atoms. The molecule has 6 nitrogen and oxygen atoms in total. The van der Waals surface area contributed by atoms with Crippen LogP contribution in [0.5, 0.6) is 0 Å². The largest absolute Gasteiger partial charge is 0.394 e. The molecule has 1 aliphatic heterocycles. The maximum absolute atomic E-state index is 13.1. The van der Waals surface area contributed by atoms with Crippen molar-refractivity contribution in [3.05, 3.63) is 47.5 Å². The van der Waals surface area contributed by atoms with Crippen molar-refractivity contribution in [2.75, 3.05) is 6.61 Å². The Labute approximate surface area is 150 Å². The van der Waals surface area contributed by atoms with E-state index in [-0.39, 0.29) is 31.4 Å². The predicted octanol–water partition coefficient (Wildman–Crippen LogP) is 1.18. The van der Waals surface area contributed by atoms with Gasteiger partial charge in [0.05, 0.1) is 25.2 Å². The lowest BCUT2D eigenvalue weighted by atomic mass is 10.0. The van der Waals surface area contributed by atoms with Gasteiger partial charge in [-0.25, -0.2) is 8.78 Å². The molecule has 8 heteroatoms. The van der Waals surface area contributed by atoms with Crippen LogP contribution in [0.25, 0.3) is 0 Å². The molecule has 3 atom stereocenters. The summed E-state index contributed by atoms with van der Waals surface area (Å²) in [6, 6.07) is 2.59. The highest BCUT2D eigenvalue weighted by atomic mass is 19.1. The van der Waals surface area contributed by atoms with Crippen molar-refractivity contribution in [2.45, 2.75) is 44.6 Å². The number of halogens is 2. The van der Waals surface area contributed by atoms with Crippen LogP contribution >= 0.6 is 0 Å². The molecule has 0 radical (unpaired) electrons. The van der Waals surface area contributed by atoms with Gasteiger partial charge in [0.2, 0.25) is 11.8 Å². The molecule has 0 saturated carbocycles. The fourth-order valence-electron chi connectivity index (χ4n) is 2.59. The molecule has 0 aliphatic carbocycles. The van der Waals surface area contributed by atoms with E-state index in [0.29, 0.717) is 12.0 Å². The van der Waals surface area contributed by atoms with Crippen molar-refractivity contribution >= 4 is 11.8 Å². The van der Waals surface area contributed by atoms with Crippen LogP contribution < -0.4 is 10.6 Å². The summed E-state index contributed by atoms with van der Waals surface area (Å²) in [5.74, 6) is -1.95. The molecule has 0 fully saturated rings. The van der Waals surface area contributed by atoms with Crippen molar-refractivity contribution in [3.8, 4) is 0 Å². The third kappa shape index (κ3) is 5.89. The van der Waals surface area contributed by atoms with Crippen LogP contribution in [0.4, 0.5) is 8.78 Å². The first-order valence-electron chi connectivity index (χ1n) is 8.37. The molecule has 1 aromatic carbocycles. The molecular weight excluding hydrogens is 346 g/mol. The van der Waals surface area contributed by atoms with E-state index < -0.39 is 29.9 Å². The number of nitrogens with one attached hydrogen (secondary N) is 2. The standard InChI is InChI=1S/C18H22F2N2O4/c1-2-17(24)22-15-4-3-14(26-16(15)10-23)8-18(25)21-9-11-5-12(19)7-13(20)6-11/h3-7,14-16,23H,2,8-10H2,1H3,(H,21,25)(H,22,24)/t14-,15+,16+/m0/s1. The van der Waals surface area contributed by atoms with E-state index in [1.807, 2.05) is 0 Å². The Kier molecular flexibility index (Phi) is 7.23. The Morgan fingerprint density at radius 3 is 2.46 bits per heavy atom. The summed E-state index contributed by atoms with van der Waals surface area (Å²) in [5, 5.41) is 14.7. The topological polar surface area (TPSA) is 87.7 Å². The average molecular weight is 368 g/mol. The number of aliphatic hydroxyl groups excluding tert-OH is 1. The maximum atomic E-state index is 13.1. The minimum absolute atomic E-state index is 0.0114. The number of carbonyl (C=O) groups is 2. The first-order valence-corrected chi connectivity index (χ1v) is 8.37. The first-order chi connectivity index (χ1) is 12.4. The van der Waals surface area contributed by atoms with Gasteiger partial charge in [0.15, 0.2) is 0 Å². The zero-order chi connectivity index (χ0) is 19.1. The Bertz CT molecular complexity index is 661. The zero-order valence-corrected chi connectivity index (χ0v) is 14.4. The minimum Gasteiger partial charge on any atom is -0.394 e. The second-order valence-corrected chi connectivity index (χ2v) is 5.99. The number of benzene rings is 1. The van der Waals surface area contributed by atoms with E-state index in [1.54, 1.807) is 19.1 Å². The van der Waals surface area contributed by atoms with E-state index in [9.17, 15) is 23.5 Å². The highest BCUT2D eigenvalue weighted by Crippen LogP contribution is 2.16. The summed E-state index contributed by atoms with van der Waals surface area (Å²) in [6.07, 6.45) is 2.43. The lowest BCUT2D eigenvalue weighted by Gasteiger charge is -2.31. The van der Waals surface area contributed by atoms with Gasteiger partial charge in [-0.05, 0) is 17.7 Å². The first kappa shape index (κ1) is 20.0. The molecule has 26 heavy (non-hydrogen) atoms. The highest BCUT2D eigenvalue weighted by Gasteiger charge is 2.28. The van der Waals surface area contributed by atoms with Crippen LogP contribution in [-0.2, 0) is 20.9 Å². The molecule has 0 bridgehead atoms. The van der Waals surface area contributed by atoms with Crippen LogP contribution in [0.3, 0.4) is 0 Å². The second-order valence-electron chi connectivity index (χ2n) is 5.99. The second kappa shape index (κ2) is 9.40. The Balaban J connectivity index is 1.86. The summed E-state index contributed by atoms with van der Waals surface area (Å²) in [4.78, 5) is 23.5. The van der Waals surface area contributed by atoms with Crippen LogP contribution in [0, 0.1) is 11.6 Å². The number of rotatable bonds is 7. The molecule has 2 amide bonds. The summed E-state index contributed by atoms with van der Waals surface area (Å²) < 4.78 is 31.9.